The Balaban J connectivity index is 1.50. The summed E-state index contributed by atoms with van der Waals surface area (Å²) in [6.07, 6.45) is 1.80. The van der Waals surface area contributed by atoms with Gasteiger partial charge in [0.1, 0.15) is 11.6 Å². The van der Waals surface area contributed by atoms with E-state index in [0.717, 1.165) is 35.2 Å². The number of hydrogen-bond acceptors (Lipinski definition) is 5. The van der Waals surface area contributed by atoms with Crippen LogP contribution >= 0.6 is 0 Å². The number of halogens is 1. The molecule has 2 aliphatic rings. The first-order valence-electron chi connectivity index (χ1n) is 10.1. The molecule has 6 heteroatoms. The molecule has 152 valence electrons. The molecular weight excluding hydrogens is 371 g/mol. The molecule has 1 aromatic carbocycles. The van der Waals surface area contributed by atoms with E-state index in [-0.39, 0.29) is 31.0 Å². The monoisotopic (exact) mass is 396 g/mol. The molecule has 0 bridgehead atoms. The largest absolute Gasteiger partial charge is 0.393 e. The van der Waals surface area contributed by atoms with Crippen molar-refractivity contribution in [1.82, 2.24) is 4.98 Å². The van der Waals surface area contributed by atoms with Crippen LogP contribution in [0.5, 0.6) is 0 Å². The molecule has 0 amide bonds. The Kier molecular flexibility index (Phi) is 5.56. The fraction of sp³-hybridized carbons (Fsp3) is 0.435. The minimum absolute atomic E-state index is 0.0575. The van der Waals surface area contributed by atoms with Crippen molar-refractivity contribution in [3.8, 4) is 0 Å². The third-order valence-corrected chi connectivity index (χ3v) is 5.73. The van der Waals surface area contributed by atoms with Gasteiger partial charge in [-0.3, -0.25) is 14.8 Å². The molecule has 1 fully saturated rings. The van der Waals surface area contributed by atoms with Crippen molar-refractivity contribution in [2.75, 3.05) is 0 Å². The van der Waals surface area contributed by atoms with E-state index in [1.165, 1.54) is 12.1 Å². The smallest absolute Gasteiger partial charge is 0.139 e. The summed E-state index contributed by atoms with van der Waals surface area (Å²) in [5.74, 6) is -0.327. The number of pyridine rings is 1. The lowest BCUT2D eigenvalue weighted by atomic mass is 9.88. The topological polar surface area (TPSA) is 82.8 Å². The number of benzene rings is 1. The number of aliphatic hydroxyl groups is 2. The molecule has 1 saturated carbocycles. The molecule has 4 rings (SSSR count). The number of aliphatic imine (C=N–C) groups is 1. The fourth-order valence-corrected chi connectivity index (χ4v) is 4.10. The number of aliphatic hydroxyl groups excluding tert-OH is 2. The maximum Gasteiger partial charge on any atom is 0.139 e. The predicted molar refractivity (Wildman–Crippen MR) is 107 cm³/mol. The van der Waals surface area contributed by atoms with Crippen molar-refractivity contribution in [1.29, 1.82) is 0 Å². The van der Waals surface area contributed by atoms with E-state index in [4.69, 9.17) is 0 Å². The summed E-state index contributed by atoms with van der Waals surface area (Å²) in [6.45, 7) is 2.03. The molecule has 2 aromatic rings. The Labute approximate surface area is 169 Å². The molecule has 1 aliphatic heterocycles. The van der Waals surface area contributed by atoms with Gasteiger partial charge in [-0.05, 0) is 49.1 Å². The van der Waals surface area contributed by atoms with Gasteiger partial charge in [-0.2, -0.15) is 0 Å². The second kappa shape index (κ2) is 8.13. The van der Waals surface area contributed by atoms with Crippen LogP contribution in [0.15, 0.2) is 35.3 Å². The highest BCUT2D eigenvalue weighted by molar-refractivity contribution is 6.07. The maximum absolute atomic E-state index is 13.2. The molecule has 1 aliphatic carbocycles. The van der Waals surface area contributed by atoms with Crippen LogP contribution < -0.4 is 0 Å². The van der Waals surface area contributed by atoms with Gasteiger partial charge in [0.05, 0.1) is 24.9 Å². The lowest BCUT2D eigenvalue weighted by Crippen LogP contribution is -2.20. The minimum atomic E-state index is -0.736. The number of nitrogens with zero attached hydrogens (tertiary/aromatic N) is 2. The molecule has 2 N–H and O–H groups in total. The molecule has 0 unspecified atom stereocenters. The first-order valence-corrected chi connectivity index (χ1v) is 10.1. The highest BCUT2D eigenvalue weighted by Crippen LogP contribution is 2.38. The number of ketones is 1. The maximum atomic E-state index is 13.2. The summed E-state index contributed by atoms with van der Waals surface area (Å²) < 4.78 is 13.2. The van der Waals surface area contributed by atoms with Crippen LogP contribution in [0, 0.1) is 11.7 Å². The van der Waals surface area contributed by atoms with E-state index < -0.39 is 12.0 Å². The number of aromatic nitrogens is 1. The second-order valence-electron chi connectivity index (χ2n) is 8.05. The zero-order valence-electron chi connectivity index (χ0n) is 16.4. The number of carbonyl (C=O) groups excluding carboxylic acids is 1. The number of carbonyl (C=O) groups is 1. The summed E-state index contributed by atoms with van der Waals surface area (Å²) in [5.41, 5.74) is 5.00. The Morgan fingerprint density at radius 2 is 2.00 bits per heavy atom. The van der Waals surface area contributed by atoms with Gasteiger partial charge in [-0.25, -0.2) is 4.39 Å². The first-order chi connectivity index (χ1) is 14.0. The Morgan fingerprint density at radius 3 is 2.62 bits per heavy atom. The predicted octanol–water partition coefficient (Wildman–Crippen LogP) is 3.09. The zero-order chi connectivity index (χ0) is 20.5. The highest BCUT2D eigenvalue weighted by Gasteiger charge is 2.34. The average molecular weight is 396 g/mol. The van der Waals surface area contributed by atoms with Gasteiger partial charge < -0.3 is 10.2 Å². The fourth-order valence-electron chi connectivity index (χ4n) is 4.10. The van der Waals surface area contributed by atoms with Crippen LogP contribution in [0.3, 0.4) is 0 Å². The number of fused-ring (bicyclic) bond motifs is 1. The van der Waals surface area contributed by atoms with Gasteiger partial charge in [0, 0.05) is 41.6 Å². The molecule has 5 nitrogen and oxygen atoms in total. The summed E-state index contributed by atoms with van der Waals surface area (Å²) in [6, 6.07) is 7.80. The molecular formula is C23H25FN2O3. The Morgan fingerprint density at radius 1 is 1.28 bits per heavy atom. The van der Waals surface area contributed by atoms with Crippen molar-refractivity contribution in [2.45, 2.75) is 57.8 Å². The van der Waals surface area contributed by atoms with E-state index in [1.807, 2.05) is 6.07 Å². The number of hydrogen-bond donors (Lipinski definition) is 2. The molecule has 2 heterocycles. The molecule has 2 atom stereocenters. The molecule has 0 saturated heterocycles. The lowest BCUT2D eigenvalue weighted by molar-refractivity contribution is -0.119. The zero-order valence-corrected chi connectivity index (χ0v) is 16.4. The van der Waals surface area contributed by atoms with Crippen LogP contribution in [0.1, 0.15) is 60.2 Å². The highest BCUT2D eigenvalue weighted by atomic mass is 19.1. The third kappa shape index (κ3) is 4.28. The molecule has 29 heavy (non-hydrogen) atoms. The van der Waals surface area contributed by atoms with Crippen molar-refractivity contribution >= 4 is 11.5 Å². The SMILES string of the molecule is C[C@@H](O)[C@@H](CC(=O)Cc1cc2c(c(CO)n1)C(C1CC1)=NC2)c1ccc(F)cc1. The van der Waals surface area contributed by atoms with E-state index in [2.05, 4.69) is 9.98 Å². The normalized spacial score (nSPS) is 17.6. The van der Waals surface area contributed by atoms with E-state index in [1.54, 1.807) is 19.1 Å². The van der Waals surface area contributed by atoms with E-state index in [9.17, 15) is 19.4 Å². The third-order valence-electron chi connectivity index (χ3n) is 5.73. The van der Waals surface area contributed by atoms with Gasteiger partial charge in [0.25, 0.3) is 0 Å². The van der Waals surface area contributed by atoms with E-state index >= 15 is 0 Å². The van der Waals surface area contributed by atoms with Gasteiger partial charge in [-0.1, -0.05) is 12.1 Å². The Hall–Kier alpha value is -2.44. The standard InChI is InChI=1S/C23H25FN2O3/c1-13(28)20(14-4-6-17(24)7-5-14)10-19(29)9-18-8-16-11-25-23(15-2-3-15)22(16)21(12-27)26-18/h4-8,13,15,20,27-28H,2-3,9-12H2,1H3/t13-,20-/m1/s1. The van der Waals surface area contributed by atoms with Crippen molar-refractivity contribution in [3.63, 3.8) is 0 Å². The van der Waals surface area contributed by atoms with Crippen LogP contribution in [0.2, 0.25) is 0 Å². The van der Waals surface area contributed by atoms with E-state index in [0.29, 0.717) is 23.9 Å². The first kappa shape index (κ1) is 19.9. The van der Waals surface area contributed by atoms with Gasteiger partial charge >= 0.3 is 0 Å². The summed E-state index contributed by atoms with van der Waals surface area (Å²) in [5, 5.41) is 19.9. The second-order valence-corrected chi connectivity index (χ2v) is 8.05. The molecule has 0 spiro atoms. The summed E-state index contributed by atoms with van der Waals surface area (Å²) in [7, 11) is 0. The van der Waals surface area contributed by atoms with Crippen LogP contribution in [-0.4, -0.2) is 32.8 Å². The molecule has 1 aromatic heterocycles. The summed E-state index contributed by atoms with van der Waals surface area (Å²) in [4.78, 5) is 21.9. The van der Waals surface area contributed by atoms with Crippen molar-refractivity contribution in [3.05, 3.63) is 64.2 Å². The quantitative estimate of drug-likeness (QED) is 0.718. The van der Waals surface area contributed by atoms with Crippen molar-refractivity contribution < 1.29 is 19.4 Å². The van der Waals surface area contributed by atoms with Gasteiger partial charge in [-0.15, -0.1) is 0 Å². The van der Waals surface area contributed by atoms with Gasteiger partial charge in [0.2, 0.25) is 0 Å². The average Bonchev–Trinajstić information content (AvgIpc) is 3.45. The number of Topliss-reactive ketones (excluding diaryl/α,β-unsaturated/α-hetero) is 1. The number of rotatable bonds is 8. The van der Waals surface area contributed by atoms with Gasteiger partial charge in [0.15, 0.2) is 0 Å². The van der Waals surface area contributed by atoms with Crippen LogP contribution in [0.25, 0.3) is 0 Å². The minimum Gasteiger partial charge on any atom is -0.393 e. The Bertz CT molecular complexity index is 949. The van der Waals surface area contributed by atoms with Crippen LogP contribution in [0.4, 0.5) is 4.39 Å². The summed E-state index contributed by atoms with van der Waals surface area (Å²) >= 11 is 0. The lowest BCUT2D eigenvalue weighted by Gasteiger charge is -2.20. The van der Waals surface area contributed by atoms with Crippen LogP contribution in [-0.2, 0) is 24.4 Å². The molecule has 0 radical (unpaired) electrons. The van der Waals surface area contributed by atoms with Crippen molar-refractivity contribution in [2.24, 2.45) is 10.9 Å².